The van der Waals surface area contributed by atoms with Crippen molar-refractivity contribution in [3.63, 3.8) is 0 Å². The quantitative estimate of drug-likeness (QED) is 0.157. The smallest absolute Gasteiger partial charge is 0.0619 e. The monoisotopic (exact) mass is 771 g/mol. The van der Waals surface area contributed by atoms with Crippen molar-refractivity contribution in [2.24, 2.45) is 0 Å². The van der Waals surface area contributed by atoms with E-state index in [2.05, 4.69) is 229 Å². The minimum atomic E-state index is 1.21. The minimum absolute atomic E-state index is 1.21. The molecule has 0 aliphatic rings. The van der Waals surface area contributed by atoms with Gasteiger partial charge in [0.15, 0.2) is 0 Å². The summed E-state index contributed by atoms with van der Waals surface area (Å²) in [5.41, 5.74) is 11.1. The fraction of sp³-hybridized carbons (Fsp3) is 0. The molecule has 0 spiro atoms. The van der Waals surface area contributed by atoms with Crippen LogP contribution in [0.25, 0.3) is 126 Å². The lowest BCUT2D eigenvalue weighted by Crippen LogP contribution is -2.00. The molecule has 0 amide bonds. The van der Waals surface area contributed by atoms with E-state index < -0.39 is 0 Å². The third-order valence-electron chi connectivity index (χ3n) is 13.1. The van der Waals surface area contributed by atoms with E-state index in [1.165, 1.54) is 126 Å². The van der Waals surface area contributed by atoms with Gasteiger partial charge in [-0.3, -0.25) is 0 Å². The van der Waals surface area contributed by atoms with Crippen LogP contribution in [0.5, 0.6) is 0 Å². The molecule has 0 unspecified atom stereocenters. The van der Waals surface area contributed by atoms with Gasteiger partial charge in [-0.05, 0) is 124 Å². The molecule has 0 bridgehead atoms. The average molecular weight is 772 g/mol. The van der Waals surface area contributed by atoms with E-state index in [9.17, 15) is 0 Å². The van der Waals surface area contributed by atoms with Crippen LogP contribution in [0, 0.1) is 0 Å². The molecule has 0 saturated heterocycles. The highest BCUT2D eigenvalue weighted by Gasteiger charge is 2.24. The van der Waals surface area contributed by atoms with E-state index in [0.29, 0.717) is 0 Å². The van der Waals surface area contributed by atoms with Crippen molar-refractivity contribution >= 4 is 86.4 Å². The molecule has 1 nitrogen and oxygen atoms in total. The van der Waals surface area contributed by atoms with E-state index >= 15 is 0 Å². The van der Waals surface area contributed by atoms with Crippen LogP contribution in [-0.2, 0) is 0 Å². The predicted molar refractivity (Wildman–Crippen MR) is 262 cm³/mol. The van der Waals surface area contributed by atoms with Crippen molar-refractivity contribution < 1.29 is 0 Å². The molecule has 0 atom stereocenters. The van der Waals surface area contributed by atoms with Crippen LogP contribution in [0.1, 0.15) is 0 Å². The zero-order valence-corrected chi connectivity index (χ0v) is 33.3. The van der Waals surface area contributed by atoms with Gasteiger partial charge in [0.2, 0.25) is 0 Å². The second kappa shape index (κ2) is 13.3. The van der Waals surface area contributed by atoms with Gasteiger partial charge in [0.1, 0.15) is 0 Å². The number of para-hydroxylation sites is 2. The van der Waals surface area contributed by atoms with Crippen LogP contribution < -0.4 is 0 Å². The minimum Gasteiger partial charge on any atom is -0.308 e. The molecule has 0 fully saturated rings. The highest BCUT2D eigenvalue weighted by atomic mass is 15.0. The summed E-state index contributed by atoms with van der Waals surface area (Å²) >= 11 is 0. The molecule has 13 rings (SSSR count). The number of nitrogens with zero attached hydrogens (tertiary/aromatic N) is 1. The standard InChI is InChI=1S/C60H37N/c1-2-16-38(17-3-1)57-47-22-6-7-23-48(47)58(51-33-32-43(37-54(51)57)41-30-31-42-34-39-18-4-5-19-40(39)35-44(42)36-41)59-49-24-8-10-26-52(49)60(53-27-11-9-25-50(53)59)61-55-28-14-12-20-45(55)46-21-13-15-29-56(46)61/h1-37H. The molecule has 1 aromatic heterocycles. The van der Waals surface area contributed by atoms with Gasteiger partial charge < -0.3 is 4.57 Å². The van der Waals surface area contributed by atoms with Gasteiger partial charge in [-0.25, -0.2) is 0 Å². The van der Waals surface area contributed by atoms with Crippen LogP contribution in [-0.4, -0.2) is 4.57 Å². The Morgan fingerprint density at radius 3 is 1.23 bits per heavy atom. The van der Waals surface area contributed by atoms with Gasteiger partial charge >= 0.3 is 0 Å². The molecule has 0 radical (unpaired) electrons. The topological polar surface area (TPSA) is 4.93 Å². The van der Waals surface area contributed by atoms with E-state index in [1.54, 1.807) is 0 Å². The second-order valence-corrected chi connectivity index (χ2v) is 16.4. The van der Waals surface area contributed by atoms with Crippen LogP contribution in [0.15, 0.2) is 224 Å². The number of hydrogen-bond donors (Lipinski definition) is 0. The molecule has 0 aliphatic carbocycles. The zero-order valence-electron chi connectivity index (χ0n) is 33.3. The van der Waals surface area contributed by atoms with Gasteiger partial charge in [0, 0.05) is 21.5 Å². The van der Waals surface area contributed by atoms with Crippen LogP contribution in [0.2, 0.25) is 0 Å². The Labute approximate surface area is 353 Å². The summed E-state index contributed by atoms with van der Waals surface area (Å²) in [7, 11) is 0. The fourth-order valence-electron chi connectivity index (χ4n) is 10.4. The Bertz CT molecular complexity index is 3820. The van der Waals surface area contributed by atoms with Gasteiger partial charge in [-0.2, -0.15) is 0 Å². The summed E-state index contributed by atoms with van der Waals surface area (Å²) in [6.45, 7) is 0. The predicted octanol–water partition coefficient (Wildman–Crippen LogP) is 16.7. The maximum Gasteiger partial charge on any atom is 0.0619 e. The third kappa shape index (κ3) is 5.08. The first-order chi connectivity index (χ1) is 30.3. The summed E-state index contributed by atoms with van der Waals surface area (Å²) in [6.07, 6.45) is 0. The van der Waals surface area contributed by atoms with Crippen molar-refractivity contribution in [3.8, 4) is 39.1 Å². The Kier molecular flexibility index (Phi) is 7.37. The number of rotatable bonds is 4. The van der Waals surface area contributed by atoms with Crippen molar-refractivity contribution in [2.45, 2.75) is 0 Å². The molecule has 0 saturated carbocycles. The van der Waals surface area contributed by atoms with Crippen molar-refractivity contribution in [1.29, 1.82) is 0 Å². The van der Waals surface area contributed by atoms with Crippen molar-refractivity contribution in [2.75, 3.05) is 0 Å². The van der Waals surface area contributed by atoms with Crippen LogP contribution in [0.3, 0.4) is 0 Å². The fourth-order valence-corrected chi connectivity index (χ4v) is 10.4. The Morgan fingerprint density at radius 2 is 0.623 bits per heavy atom. The SMILES string of the molecule is c1ccc(-c2c3ccccc3c(-c3c4ccccc4c(-n4c5ccccc5c5ccccc54)c4ccccc34)c3ccc(-c4ccc5cc6ccccc6cc5c4)cc23)cc1. The molecular formula is C60H37N. The van der Waals surface area contributed by atoms with Crippen LogP contribution >= 0.6 is 0 Å². The molecule has 61 heavy (non-hydrogen) atoms. The third-order valence-corrected chi connectivity index (χ3v) is 13.1. The van der Waals surface area contributed by atoms with Crippen molar-refractivity contribution in [3.05, 3.63) is 224 Å². The lowest BCUT2D eigenvalue weighted by atomic mass is 9.82. The largest absolute Gasteiger partial charge is 0.308 e. The number of benzene rings is 12. The second-order valence-electron chi connectivity index (χ2n) is 16.4. The summed E-state index contributed by atoms with van der Waals surface area (Å²) in [4.78, 5) is 0. The summed E-state index contributed by atoms with van der Waals surface area (Å²) < 4.78 is 2.51. The first-order valence-electron chi connectivity index (χ1n) is 21.2. The van der Waals surface area contributed by atoms with E-state index in [4.69, 9.17) is 0 Å². The molecule has 12 aromatic carbocycles. The number of fused-ring (bicyclic) bond motifs is 9. The van der Waals surface area contributed by atoms with Crippen LogP contribution in [0.4, 0.5) is 0 Å². The molecule has 282 valence electrons. The summed E-state index contributed by atoms with van der Waals surface area (Å²) in [6, 6.07) is 83.3. The Balaban J connectivity index is 1.16. The first-order valence-corrected chi connectivity index (χ1v) is 21.2. The lowest BCUT2D eigenvalue weighted by Gasteiger charge is -2.23. The average Bonchev–Trinajstić information content (AvgIpc) is 3.65. The molecule has 1 heteroatoms. The molecule has 13 aromatic rings. The molecular weight excluding hydrogens is 735 g/mol. The highest BCUT2D eigenvalue weighted by molar-refractivity contribution is 6.29. The van der Waals surface area contributed by atoms with Gasteiger partial charge in [0.25, 0.3) is 0 Å². The van der Waals surface area contributed by atoms with Gasteiger partial charge in [-0.1, -0.05) is 188 Å². The van der Waals surface area contributed by atoms with E-state index in [-0.39, 0.29) is 0 Å². The Hall–Kier alpha value is -8.00. The van der Waals surface area contributed by atoms with Crippen molar-refractivity contribution in [1.82, 2.24) is 4.57 Å². The van der Waals surface area contributed by atoms with E-state index in [0.717, 1.165) is 0 Å². The van der Waals surface area contributed by atoms with Gasteiger partial charge in [0.05, 0.1) is 16.7 Å². The lowest BCUT2D eigenvalue weighted by molar-refractivity contribution is 1.21. The highest BCUT2D eigenvalue weighted by Crippen LogP contribution is 2.50. The number of hydrogen-bond acceptors (Lipinski definition) is 0. The normalized spacial score (nSPS) is 11.9. The van der Waals surface area contributed by atoms with Gasteiger partial charge in [-0.15, -0.1) is 0 Å². The maximum absolute atomic E-state index is 2.51. The Morgan fingerprint density at radius 1 is 0.213 bits per heavy atom. The molecule has 1 heterocycles. The summed E-state index contributed by atoms with van der Waals surface area (Å²) in [5.74, 6) is 0. The first kappa shape index (κ1) is 33.9. The molecule has 0 N–H and O–H groups in total. The number of aromatic nitrogens is 1. The van der Waals surface area contributed by atoms with E-state index in [1.807, 2.05) is 0 Å². The maximum atomic E-state index is 2.51. The molecule has 0 aliphatic heterocycles. The summed E-state index contributed by atoms with van der Waals surface area (Å²) in [5, 5.41) is 17.5. The zero-order chi connectivity index (χ0) is 40.0.